The predicted molar refractivity (Wildman–Crippen MR) is 52.9 cm³/mol. The molecule has 0 aliphatic carbocycles. The molecule has 80 valence electrons. The van der Waals surface area contributed by atoms with E-state index in [1.165, 1.54) is 0 Å². The van der Waals surface area contributed by atoms with Crippen LogP contribution >= 0.6 is 0 Å². The van der Waals surface area contributed by atoms with Crippen molar-refractivity contribution in [1.29, 1.82) is 0 Å². The zero-order chi connectivity index (χ0) is 10.6. The number of ketones is 1. The highest BCUT2D eigenvalue weighted by Crippen LogP contribution is 2.46. The molecule has 2 aliphatic heterocycles. The van der Waals surface area contributed by atoms with Gasteiger partial charge in [-0.3, -0.25) is 4.79 Å². The first kappa shape index (κ1) is 10.1. The van der Waals surface area contributed by atoms with Crippen molar-refractivity contribution in [2.75, 3.05) is 0 Å². The highest BCUT2D eigenvalue weighted by molar-refractivity contribution is 5.86. The zero-order valence-corrected chi connectivity index (χ0v) is 9.06. The van der Waals surface area contributed by atoms with E-state index in [-0.39, 0.29) is 17.2 Å². The van der Waals surface area contributed by atoms with Gasteiger partial charge in [-0.15, -0.1) is 0 Å². The number of fused-ring (bicyclic) bond motifs is 2. The first-order chi connectivity index (χ1) is 6.37. The Labute approximate surface area is 84.3 Å². The molecule has 3 atom stereocenters. The molecule has 0 spiro atoms. The van der Waals surface area contributed by atoms with E-state index in [0.717, 1.165) is 12.8 Å². The van der Waals surface area contributed by atoms with E-state index in [2.05, 4.69) is 5.32 Å². The van der Waals surface area contributed by atoms with E-state index in [1.807, 2.05) is 20.8 Å². The fourth-order valence-corrected chi connectivity index (χ4v) is 2.86. The molecular formula is C11H18FNO. The number of hydrogen-bond acceptors (Lipinski definition) is 2. The molecule has 2 heterocycles. The number of alkyl halides is 1. The number of nitrogens with one attached hydrogen (secondary N) is 1. The fourth-order valence-electron chi connectivity index (χ4n) is 2.86. The van der Waals surface area contributed by atoms with Crippen molar-refractivity contribution in [3.05, 3.63) is 0 Å². The van der Waals surface area contributed by atoms with Gasteiger partial charge in [0.15, 0.2) is 12.0 Å². The van der Waals surface area contributed by atoms with Gasteiger partial charge in [0.25, 0.3) is 0 Å². The molecule has 0 aromatic heterocycles. The highest BCUT2D eigenvalue weighted by atomic mass is 19.1. The monoisotopic (exact) mass is 199 g/mol. The van der Waals surface area contributed by atoms with Crippen LogP contribution in [0.5, 0.6) is 0 Å². The standard InChI is InChI=1S/C11H18FNO/c1-10(2,3)11-5-4-7(13-11)6-8(14)9(11)12/h7,9,13H,4-6H2,1-3H3/t7-,9+,11+/m0/s1. The van der Waals surface area contributed by atoms with Crippen LogP contribution in [0.1, 0.15) is 40.0 Å². The minimum atomic E-state index is -1.32. The Morgan fingerprint density at radius 2 is 2.14 bits per heavy atom. The van der Waals surface area contributed by atoms with Crippen LogP contribution in [0.15, 0.2) is 0 Å². The summed E-state index contributed by atoms with van der Waals surface area (Å²) in [6.45, 7) is 6.02. The van der Waals surface area contributed by atoms with Crippen LogP contribution in [0.25, 0.3) is 0 Å². The number of halogens is 1. The van der Waals surface area contributed by atoms with Crippen molar-refractivity contribution >= 4 is 5.78 Å². The van der Waals surface area contributed by atoms with Crippen molar-refractivity contribution in [2.45, 2.75) is 57.8 Å². The van der Waals surface area contributed by atoms with Crippen LogP contribution < -0.4 is 5.32 Å². The third kappa shape index (κ3) is 1.14. The van der Waals surface area contributed by atoms with Crippen LogP contribution in [0.4, 0.5) is 4.39 Å². The van der Waals surface area contributed by atoms with E-state index in [9.17, 15) is 9.18 Å². The number of carbonyl (C=O) groups excluding carboxylic acids is 1. The first-order valence-corrected chi connectivity index (χ1v) is 5.31. The van der Waals surface area contributed by atoms with Crippen molar-refractivity contribution in [3.63, 3.8) is 0 Å². The average molecular weight is 199 g/mol. The quantitative estimate of drug-likeness (QED) is 0.645. The third-order valence-corrected chi connectivity index (χ3v) is 3.85. The summed E-state index contributed by atoms with van der Waals surface area (Å²) in [6, 6.07) is 0.216. The van der Waals surface area contributed by atoms with E-state index in [0.29, 0.717) is 6.42 Å². The molecule has 2 bridgehead atoms. The summed E-state index contributed by atoms with van der Waals surface area (Å²) in [7, 11) is 0. The van der Waals surface area contributed by atoms with E-state index in [4.69, 9.17) is 0 Å². The lowest BCUT2D eigenvalue weighted by Crippen LogP contribution is -2.64. The second-order valence-electron chi connectivity index (χ2n) is 5.63. The molecule has 2 fully saturated rings. The molecule has 2 nitrogen and oxygen atoms in total. The van der Waals surface area contributed by atoms with Crippen LogP contribution in [-0.4, -0.2) is 23.5 Å². The summed E-state index contributed by atoms with van der Waals surface area (Å²) in [5.74, 6) is -0.207. The predicted octanol–water partition coefficient (Wildman–Crippen LogP) is 1.83. The van der Waals surface area contributed by atoms with Gasteiger partial charge < -0.3 is 5.32 Å². The Balaban J connectivity index is 2.38. The lowest BCUT2D eigenvalue weighted by molar-refractivity contribution is -0.132. The fraction of sp³-hybridized carbons (Fsp3) is 0.909. The maximum atomic E-state index is 14.0. The van der Waals surface area contributed by atoms with Gasteiger partial charge in [0, 0.05) is 12.5 Å². The van der Waals surface area contributed by atoms with E-state index in [1.54, 1.807) is 0 Å². The molecule has 0 amide bonds. The van der Waals surface area contributed by atoms with Crippen molar-refractivity contribution in [1.82, 2.24) is 5.32 Å². The number of carbonyl (C=O) groups is 1. The van der Waals surface area contributed by atoms with Gasteiger partial charge in [-0.1, -0.05) is 20.8 Å². The minimum absolute atomic E-state index is 0.197. The maximum Gasteiger partial charge on any atom is 0.177 e. The summed E-state index contributed by atoms with van der Waals surface area (Å²) in [6.07, 6.45) is 0.775. The molecule has 0 unspecified atom stereocenters. The number of hydrogen-bond donors (Lipinski definition) is 1. The Kier molecular flexibility index (Phi) is 2.01. The molecule has 0 aromatic carbocycles. The molecule has 14 heavy (non-hydrogen) atoms. The first-order valence-electron chi connectivity index (χ1n) is 5.31. The Hall–Kier alpha value is -0.440. The van der Waals surface area contributed by atoms with E-state index < -0.39 is 11.7 Å². The van der Waals surface area contributed by atoms with Crippen molar-refractivity contribution < 1.29 is 9.18 Å². The summed E-state index contributed by atoms with van der Waals surface area (Å²) in [5.41, 5.74) is -0.801. The van der Waals surface area contributed by atoms with Gasteiger partial charge in [-0.25, -0.2) is 4.39 Å². The third-order valence-electron chi connectivity index (χ3n) is 3.85. The van der Waals surface area contributed by atoms with Crippen LogP contribution in [-0.2, 0) is 4.79 Å². The zero-order valence-electron chi connectivity index (χ0n) is 9.06. The Morgan fingerprint density at radius 1 is 1.50 bits per heavy atom. The summed E-state index contributed by atoms with van der Waals surface area (Å²) < 4.78 is 14.0. The van der Waals surface area contributed by atoms with Gasteiger partial charge in [-0.2, -0.15) is 0 Å². The molecule has 2 rings (SSSR count). The van der Waals surface area contributed by atoms with Gasteiger partial charge in [0.05, 0.1) is 5.54 Å². The van der Waals surface area contributed by atoms with Gasteiger partial charge in [0.1, 0.15) is 0 Å². The van der Waals surface area contributed by atoms with Gasteiger partial charge >= 0.3 is 0 Å². The Morgan fingerprint density at radius 3 is 2.71 bits per heavy atom. The Bertz CT molecular complexity index is 271. The minimum Gasteiger partial charge on any atom is -0.305 e. The van der Waals surface area contributed by atoms with E-state index >= 15 is 0 Å². The molecule has 1 N–H and O–H groups in total. The van der Waals surface area contributed by atoms with Crippen molar-refractivity contribution in [2.24, 2.45) is 5.41 Å². The molecule has 2 aliphatic rings. The number of rotatable bonds is 0. The highest BCUT2D eigenvalue weighted by Gasteiger charge is 2.58. The number of piperidine rings is 1. The van der Waals surface area contributed by atoms with Crippen LogP contribution in [0.2, 0.25) is 0 Å². The SMILES string of the molecule is CC(C)(C)[C@@]12CC[C@@H](CC(=O)[C@H]1F)N2. The average Bonchev–Trinajstić information content (AvgIpc) is 2.42. The summed E-state index contributed by atoms with van der Waals surface area (Å²) in [4.78, 5) is 11.5. The van der Waals surface area contributed by atoms with Crippen LogP contribution in [0.3, 0.4) is 0 Å². The molecule has 0 aromatic rings. The second-order valence-corrected chi connectivity index (χ2v) is 5.63. The smallest absolute Gasteiger partial charge is 0.177 e. The second kappa shape index (κ2) is 2.78. The normalized spacial score (nSPS) is 43.0. The topological polar surface area (TPSA) is 29.1 Å². The molecule has 2 saturated heterocycles. The van der Waals surface area contributed by atoms with Crippen molar-refractivity contribution in [3.8, 4) is 0 Å². The largest absolute Gasteiger partial charge is 0.305 e. The molecular weight excluding hydrogens is 181 g/mol. The van der Waals surface area contributed by atoms with Gasteiger partial charge in [0.2, 0.25) is 0 Å². The summed E-state index contributed by atoms with van der Waals surface area (Å²) in [5, 5.41) is 3.33. The number of Topliss-reactive ketones (excluding diaryl/α,β-unsaturated/α-hetero) is 1. The van der Waals surface area contributed by atoms with Gasteiger partial charge in [-0.05, 0) is 18.3 Å². The molecule has 0 radical (unpaired) electrons. The lowest BCUT2D eigenvalue weighted by Gasteiger charge is -2.46. The maximum absolute atomic E-state index is 14.0. The van der Waals surface area contributed by atoms with Crippen LogP contribution in [0, 0.1) is 5.41 Å². The summed E-state index contributed by atoms with van der Waals surface area (Å²) >= 11 is 0. The molecule has 0 saturated carbocycles. The molecule has 3 heteroatoms. The lowest BCUT2D eigenvalue weighted by atomic mass is 9.68.